The highest BCUT2D eigenvalue weighted by Gasteiger charge is 2.03. The molecule has 1 aromatic rings. The van der Waals surface area contributed by atoms with Crippen LogP contribution in [0.15, 0.2) is 29.2 Å². The molecular weight excluding hydrogens is 220 g/mol. The molecule has 1 rings (SSSR count). The number of ether oxygens (including phenoxy) is 1. The first kappa shape index (κ1) is 11.6. The largest absolute Gasteiger partial charge is 0.374 e. The molecule has 2 nitrogen and oxygen atoms in total. The molecule has 0 heterocycles. The van der Waals surface area contributed by atoms with Crippen molar-refractivity contribution in [3.8, 4) is 0 Å². The number of carbonyl (C=O) groups is 1. The fraction of sp³-hybridized carbons (Fsp3) is 0.300. The Labute approximate surface area is 92.6 Å². The van der Waals surface area contributed by atoms with E-state index < -0.39 is 0 Å². The van der Waals surface area contributed by atoms with Gasteiger partial charge in [0.15, 0.2) is 5.78 Å². The second-order valence-corrected chi connectivity index (χ2v) is 3.90. The molecule has 0 aliphatic heterocycles. The molecular formula is C10H11ClO2S. The van der Waals surface area contributed by atoms with Crippen LogP contribution >= 0.6 is 23.4 Å². The maximum Gasteiger partial charge on any atom is 0.177 e. The minimum absolute atomic E-state index is 0.0323. The number of alkyl halides is 1. The highest BCUT2D eigenvalue weighted by atomic mass is 35.5. The highest BCUT2D eigenvalue weighted by Crippen LogP contribution is 2.18. The van der Waals surface area contributed by atoms with Crippen LogP contribution in [0.1, 0.15) is 10.4 Å². The van der Waals surface area contributed by atoms with E-state index in [0.717, 1.165) is 4.90 Å². The Morgan fingerprint density at radius 3 is 2.57 bits per heavy atom. The molecule has 0 amide bonds. The molecule has 1 aromatic carbocycles. The van der Waals surface area contributed by atoms with Crippen LogP contribution in [0.2, 0.25) is 0 Å². The van der Waals surface area contributed by atoms with Crippen LogP contribution in [0.4, 0.5) is 0 Å². The number of methoxy groups -OCH3 is 1. The first-order valence-electron chi connectivity index (χ1n) is 4.09. The van der Waals surface area contributed by atoms with Crippen LogP contribution in [-0.4, -0.2) is 24.7 Å². The van der Waals surface area contributed by atoms with Gasteiger partial charge >= 0.3 is 0 Å². The van der Waals surface area contributed by atoms with Gasteiger partial charge in [0.2, 0.25) is 0 Å². The zero-order valence-corrected chi connectivity index (χ0v) is 9.40. The molecule has 0 N–H and O–H groups in total. The van der Waals surface area contributed by atoms with Crippen molar-refractivity contribution in [1.29, 1.82) is 0 Å². The Morgan fingerprint density at radius 1 is 1.43 bits per heavy atom. The Hall–Kier alpha value is -0.510. The number of hydrogen-bond donors (Lipinski definition) is 0. The van der Waals surface area contributed by atoms with Gasteiger partial charge in [-0.3, -0.25) is 4.79 Å². The van der Waals surface area contributed by atoms with E-state index in [1.807, 2.05) is 12.1 Å². The number of Topliss-reactive ketones (excluding diaryl/α,β-unsaturated/α-hetero) is 1. The molecule has 0 bridgehead atoms. The van der Waals surface area contributed by atoms with Crippen molar-refractivity contribution in [2.45, 2.75) is 4.90 Å². The zero-order chi connectivity index (χ0) is 10.4. The van der Waals surface area contributed by atoms with E-state index >= 15 is 0 Å². The number of thioether (sulfide) groups is 1. The van der Waals surface area contributed by atoms with Crippen molar-refractivity contribution < 1.29 is 9.53 Å². The van der Waals surface area contributed by atoms with Crippen LogP contribution in [-0.2, 0) is 4.74 Å². The number of hydrogen-bond acceptors (Lipinski definition) is 3. The van der Waals surface area contributed by atoms with Gasteiger partial charge in [-0.2, -0.15) is 0 Å². The predicted octanol–water partition coefficient (Wildman–Crippen LogP) is 2.80. The molecule has 0 aliphatic rings. The van der Waals surface area contributed by atoms with Gasteiger partial charge in [0, 0.05) is 17.6 Å². The van der Waals surface area contributed by atoms with E-state index in [-0.39, 0.29) is 11.7 Å². The Kier molecular flexibility index (Phi) is 5.01. The Bertz CT molecular complexity index is 297. The maximum atomic E-state index is 11.2. The Morgan fingerprint density at radius 2 is 2.07 bits per heavy atom. The van der Waals surface area contributed by atoms with Gasteiger partial charge < -0.3 is 4.74 Å². The number of carbonyl (C=O) groups excluding carboxylic acids is 1. The number of ketones is 1. The van der Waals surface area contributed by atoms with Crippen molar-refractivity contribution in [1.82, 2.24) is 0 Å². The number of rotatable bonds is 5. The van der Waals surface area contributed by atoms with E-state index in [2.05, 4.69) is 0 Å². The monoisotopic (exact) mass is 230 g/mol. The highest BCUT2D eigenvalue weighted by molar-refractivity contribution is 7.99. The lowest BCUT2D eigenvalue weighted by atomic mass is 10.1. The van der Waals surface area contributed by atoms with Gasteiger partial charge in [0.25, 0.3) is 0 Å². The lowest BCUT2D eigenvalue weighted by molar-refractivity contribution is 0.102. The van der Waals surface area contributed by atoms with Crippen molar-refractivity contribution in [2.75, 3.05) is 18.9 Å². The summed E-state index contributed by atoms with van der Waals surface area (Å²) in [6.07, 6.45) is 0. The average Bonchev–Trinajstić information content (AvgIpc) is 2.26. The fourth-order valence-corrected chi connectivity index (χ4v) is 1.68. The number of benzene rings is 1. The molecule has 14 heavy (non-hydrogen) atoms. The summed E-state index contributed by atoms with van der Waals surface area (Å²) in [5.41, 5.74) is 0.654. The first-order valence-corrected chi connectivity index (χ1v) is 5.61. The van der Waals surface area contributed by atoms with Crippen LogP contribution < -0.4 is 0 Å². The maximum absolute atomic E-state index is 11.2. The summed E-state index contributed by atoms with van der Waals surface area (Å²) in [7, 11) is 1.65. The van der Waals surface area contributed by atoms with Gasteiger partial charge in [0.05, 0.1) is 11.8 Å². The summed E-state index contributed by atoms with van der Waals surface area (Å²) in [5, 5.41) is 0. The quantitative estimate of drug-likeness (QED) is 0.337. The normalized spacial score (nSPS) is 10.1. The van der Waals surface area contributed by atoms with Gasteiger partial charge in [-0.05, 0) is 12.1 Å². The van der Waals surface area contributed by atoms with Crippen molar-refractivity contribution >= 4 is 29.1 Å². The van der Waals surface area contributed by atoms with Gasteiger partial charge in [-0.25, -0.2) is 0 Å². The molecule has 0 saturated carbocycles. The standard InChI is InChI=1S/C10H11ClO2S/c1-13-7-14-9-4-2-8(3-5-9)10(12)6-11/h2-5H,6-7H2,1H3. The molecule has 4 heteroatoms. The number of halogens is 1. The molecule has 0 unspecified atom stereocenters. The third-order valence-corrected chi connectivity index (χ3v) is 2.84. The van der Waals surface area contributed by atoms with Crippen LogP contribution in [0, 0.1) is 0 Å². The van der Waals surface area contributed by atoms with Gasteiger partial charge in [-0.15, -0.1) is 11.6 Å². The van der Waals surface area contributed by atoms with E-state index in [4.69, 9.17) is 16.3 Å². The molecule has 0 aromatic heterocycles. The summed E-state index contributed by atoms with van der Waals surface area (Å²) in [5.74, 6) is 0.600. The van der Waals surface area contributed by atoms with Gasteiger partial charge in [-0.1, -0.05) is 23.9 Å². The summed E-state index contributed by atoms with van der Waals surface area (Å²) >= 11 is 7.02. The topological polar surface area (TPSA) is 26.3 Å². The van der Waals surface area contributed by atoms with Crippen LogP contribution in [0.25, 0.3) is 0 Å². The molecule has 0 saturated heterocycles. The van der Waals surface area contributed by atoms with E-state index in [1.54, 1.807) is 31.0 Å². The van der Waals surface area contributed by atoms with Crippen molar-refractivity contribution in [3.63, 3.8) is 0 Å². The second kappa shape index (κ2) is 6.06. The van der Waals surface area contributed by atoms with E-state index in [0.29, 0.717) is 11.5 Å². The summed E-state index contributed by atoms with van der Waals surface area (Å²) in [6, 6.07) is 7.35. The SMILES string of the molecule is COCSc1ccc(C(=O)CCl)cc1. The summed E-state index contributed by atoms with van der Waals surface area (Å²) in [6.45, 7) is 0. The van der Waals surface area contributed by atoms with Crippen molar-refractivity contribution in [3.05, 3.63) is 29.8 Å². The molecule has 0 radical (unpaired) electrons. The van der Waals surface area contributed by atoms with Crippen molar-refractivity contribution in [2.24, 2.45) is 0 Å². The minimum atomic E-state index is -0.0463. The smallest absolute Gasteiger partial charge is 0.177 e. The third-order valence-electron chi connectivity index (χ3n) is 1.64. The van der Waals surface area contributed by atoms with E-state index in [1.165, 1.54) is 0 Å². The molecule has 0 spiro atoms. The predicted molar refractivity (Wildman–Crippen MR) is 59.2 cm³/mol. The summed E-state index contributed by atoms with van der Waals surface area (Å²) < 4.78 is 4.92. The summed E-state index contributed by atoms with van der Waals surface area (Å²) in [4.78, 5) is 12.3. The second-order valence-electron chi connectivity index (χ2n) is 2.63. The van der Waals surface area contributed by atoms with Gasteiger partial charge in [0.1, 0.15) is 0 Å². The Balaban J connectivity index is 2.63. The third kappa shape index (κ3) is 3.33. The molecule has 0 aliphatic carbocycles. The van der Waals surface area contributed by atoms with Crippen LogP contribution in [0.3, 0.4) is 0 Å². The lowest BCUT2D eigenvalue weighted by Gasteiger charge is -2.01. The molecule has 0 atom stereocenters. The van der Waals surface area contributed by atoms with E-state index in [9.17, 15) is 4.79 Å². The zero-order valence-electron chi connectivity index (χ0n) is 7.83. The minimum Gasteiger partial charge on any atom is -0.374 e. The molecule has 0 fully saturated rings. The van der Waals surface area contributed by atoms with Crippen LogP contribution in [0.5, 0.6) is 0 Å². The fourth-order valence-electron chi connectivity index (χ4n) is 0.941. The average molecular weight is 231 g/mol. The first-order chi connectivity index (χ1) is 6.77. The molecule has 76 valence electrons. The lowest BCUT2D eigenvalue weighted by Crippen LogP contribution is -1.99.